The van der Waals surface area contributed by atoms with E-state index in [0.717, 1.165) is 50.6 Å². The highest BCUT2D eigenvalue weighted by atomic mass is 15.2. The molecule has 3 aromatic rings. The number of aromatic nitrogens is 4. The molecule has 0 unspecified atom stereocenters. The standard InChI is InChI=1S/C20H22N6/c1-3-8-21-18(5-1)20-22-11-15-13-25(10-7-17(15)24-20)14-16-12-23-26-9-4-2-6-19(16)26/h2,4,6,9,11-12H,1,3,5,7-8,10,13-14H2. The molecule has 0 spiro atoms. The topological polar surface area (TPSA) is 58.7 Å². The first-order chi connectivity index (χ1) is 12.9. The van der Waals surface area contributed by atoms with Crippen LogP contribution in [0.15, 0.2) is 41.8 Å². The van der Waals surface area contributed by atoms with E-state index < -0.39 is 0 Å². The smallest absolute Gasteiger partial charge is 0.173 e. The lowest BCUT2D eigenvalue weighted by Crippen LogP contribution is -2.31. The Morgan fingerprint density at radius 3 is 3.00 bits per heavy atom. The van der Waals surface area contributed by atoms with E-state index in [4.69, 9.17) is 4.98 Å². The van der Waals surface area contributed by atoms with Gasteiger partial charge in [0.1, 0.15) is 0 Å². The van der Waals surface area contributed by atoms with Gasteiger partial charge < -0.3 is 0 Å². The molecule has 6 nitrogen and oxygen atoms in total. The highest BCUT2D eigenvalue weighted by molar-refractivity contribution is 5.97. The Hall–Kier alpha value is -2.60. The third-order valence-corrected chi connectivity index (χ3v) is 5.30. The van der Waals surface area contributed by atoms with E-state index in [1.807, 2.05) is 29.2 Å². The van der Waals surface area contributed by atoms with Gasteiger partial charge in [0.2, 0.25) is 0 Å². The zero-order valence-corrected chi connectivity index (χ0v) is 14.8. The largest absolute Gasteiger partial charge is 0.294 e. The van der Waals surface area contributed by atoms with Crippen molar-refractivity contribution in [2.45, 2.75) is 38.8 Å². The molecule has 2 aliphatic rings. The van der Waals surface area contributed by atoms with E-state index in [-0.39, 0.29) is 0 Å². The average Bonchev–Trinajstić information content (AvgIpc) is 3.11. The predicted molar refractivity (Wildman–Crippen MR) is 100 cm³/mol. The van der Waals surface area contributed by atoms with E-state index in [0.29, 0.717) is 0 Å². The molecule has 0 radical (unpaired) electrons. The number of aliphatic imine (C=N–C) groups is 1. The van der Waals surface area contributed by atoms with Gasteiger partial charge in [0.25, 0.3) is 0 Å². The van der Waals surface area contributed by atoms with Gasteiger partial charge in [-0.25, -0.2) is 14.5 Å². The van der Waals surface area contributed by atoms with Crippen molar-refractivity contribution < 1.29 is 0 Å². The van der Waals surface area contributed by atoms with Gasteiger partial charge in [-0.2, -0.15) is 5.10 Å². The summed E-state index contributed by atoms with van der Waals surface area (Å²) >= 11 is 0. The van der Waals surface area contributed by atoms with Crippen LogP contribution in [0, 0.1) is 0 Å². The molecule has 5 rings (SSSR count). The molecular formula is C20H22N6. The summed E-state index contributed by atoms with van der Waals surface area (Å²) < 4.78 is 1.94. The molecule has 6 heteroatoms. The molecule has 5 heterocycles. The maximum absolute atomic E-state index is 4.83. The lowest BCUT2D eigenvalue weighted by atomic mass is 10.0. The highest BCUT2D eigenvalue weighted by Gasteiger charge is 2.21. The van der Waals surface area contributed by atoms with Crippen LogP contribution in [-0.2, 0) is 19.5 Å². The van der Waals surface area contributed by atoms with Crippen LogP contribution in [0.5, 0.6) is 0 Å². The van der Waals surface area contributed by atoms with Crippen LogP contribution in [0.2, 0.25) is 0 Å². The zero-order valence-electron chi connectivity index (χ0n) is 14.8. The summed E-state index contributed by atoms with van der Waals surface area (Å²) in [6.45, 7) is 3.73. The van der Waals surface area contributed by atoms with Crippen LogP contribution in [0.1, 0.15) is 41.9 Å². The van der Waals surface area contributed by atoms with E-state index >= 15 is 0 Å². The Bertz CT molecular complexity index is 973. The van der Waals surface area contributed by atoms with E-state index in [2.05, 4.69) is 32.1 Å². The van der Waals surface area contributed by atoms with Crippen molar-refractivity contribution in [1.29, 1.82) is 0 Å². The van der Waals surface area contributed by atoms with Crippen molar-refractivity contribution in [3.8, 4) is 0 Å². The monoisotopic (exact) mass is 346 g/mol. The normalized spacial score (nSPS) is 17.9. The molecule has 0 atom stereocenters. The number of pyridine rings is 1. The van der Waals surface area contributed by atoms with Crippen molar-refractivity contribution in [1.82, 2.24) is 24.5 Å². The van der Waals surface area contributed by atoms with Gasteiger partial charge in [0, 0.05) is 56.1 Å². The minimum atomic E-state index is 0.847. The molecule has 0 aliphatic carbocycles. The number of hydrogen-bond donors (Lipinski definition) is 0. The van der Waals surface area contributed by atoms with Crippen LogP contribution >= 0.6 is 0 Å². The molecule has 3 aromatic heterocycles. The summed E-state index contributed by atoms with van der Waals surface area (Å²) in [7, 11) is 0. The lowest BCUT2D eigenvalue weighted by Gasteiger charge is -2.27. The maximum Gasteiger partial charge on any atom is 0.173 e. The second kappa shape index (κ2) is 6.61. The van der Waals surface area contributed by atoms with Gasteiger partial charge in [-0.15, -0.1) is 0 Å². The summed E-state index contributed by atoms with van der Waals surface area (Å²) in [5, 5.41) is 4.44. The van der Waals surface area contributed by atoms with Crippen molar-refractivity contribution in [3.05, 3.63) is 59.4 Å². The average molecular weight is 346 g/mol. The summed E-state index contributed by atoms with van der Waals surface area (Å²) in [4.78, 5) is 16.5. The molecule has 26 heavy (non-hydrogen) atoms. The summed E-state index contributed by atoms with van der Waals surface area (Å²) in [5.74, 6) is 0.847. The number of fused-ring (bicyclic) bond motifs is 2. The van der Waals surface area contributed by atoms with Gasteiger partial charge >= 0.3 is 0 Å². The van der Waals surface area contributed by atoms with Crippen molar-refractivity contribution in [3.63, 3.8) is 0 Å². The minimum absolute atomic E-state index is 0.847. The zero-order chi connectivity index (χ0) is 17.3. The first-order valence-corrected chi connectivity index (χ1v) is 9.39. The number of rotatable bonds is 3. The van der Waals surface area contributed by atoms with Crippen LogP contribution in [0.4, 0.5) is 0 Å². The van der Waals surface area contributed by atoms with E-state index in [1.165, 1.54) is 35.2 Å². The maximum atomic E-state index is 4.83. The SMILES string of the molecule is c1ccn2ncc(CN3CCc4nc(C5=NCCCC5)ncc4C3)c2c1. The molecule has 0 aromatic carbocycles. The Morgan fingerprint density at radius 2 is 2.08 bits per heavy atom. The molecule has 0 fully saturated rings. The molecular weight excluding hydrogens is 324 g/mol. The lowest BCUT2D eigenvalue weighted by molar-refractivity contribution is 0.243. The fraction of sp³-hybridized carbons (Fsp3) is 0.400. The Labute approximate surface area is 152 Å². The van der Waals surface area contributed by atoms with Crippen molar-refractivity contribution in [2.24, 2.45) is 4.99 Å². The van der Waals surface area contributed by atoms with Crippen LogP contribution in [-0.4, -0.2) is 43.3 Å². The van der Waals surface area contributed by atoms with Crippen molar-refractivity contribution >= 4 is 11.2 Å². The van der Waals surface area contributed by atoms with Crippen LogP contribution in [0.3, 0.4) is 0 Å². The van der Waals surface area contributed by atoms with E-state index in [9.17, 15) is 0 Å². The number of hydrogen-bond acceptors (Lipinski definition) is 5. The first-order valence-electron chi connectivity index (χ1n) is 9.39. The predicted octanol–water partition coefficient (Wildman–Crippen LogP) is 2.66. The Morgan fingerprint density at radius 1 is 1.08 bits per heavy atom. The van der Waals surface area contributed by atoms with Gasteiger partial charge in [0.05, 0.1) is 23.1 Å². The summed E-state index contributed by atoms with van der Waals surface area (Å²) in [6, 6.07) is 6.20. The Balaban J connectivity index is 1.34. The van der Waals surface area contributed by atoms with Crippen LogP contribution in [0.25, 0.3) is 5.52 Å². The molecule has 0 saturated heterocycles. The molecule has 0 N–H and O–H groups in total. The molecule has 0 amide bonds. The third-order valence-electron chi connectivity index (χ3n) is 5.30. The first kappa shape index (κ1) is 15.6. The fourth-order valence-corrected chi connectivity index (χ4v) is 3.88. The van der Waals surface area contributed by atoms with Gasteiger partial charge in [-0.3, -0.25) is 9.89 Å². The van der Waals surface area contributed by atoms with Crippen molar-refractivity contribution in [2.75, 3.05) is 13.1 Å². The van der Waals surface area contributed by atoms with Gasteiger partial charge in [0.15, 0.2) is 5.82 Å². The van der Waals surface area contributed by atoms with E-state index in [1.54, 1.807) is 0 Å². The minimum Gasteiger partial charge on any atom is -0.294 e. The second-order valence-electron chi connectivity index (χ2n) is 7.11. The summed E-state index contributed by atoms with van der Waals surface area (Å²) in [5.41, 5.74) is 5.98. The quantitative estimate of drug-likeness (QED) is 0.731. The van der Waals surface area contributed by atoms with Gasteiger partial charge in [-0.1, -0.05) is 6.07 Å². The fourth-order valence-electron chi connectivity index (χ4n) is 3.88. The molecule has 132 valence electrons. The summed E-state index contributed by atoms with van der Waals surface area (Å²) in [6.07, 6.45) is 10.4. The third kappa shape index (κ3) is 2.90. The van der Waals surface area contributed by atoms with Crippen LogP contribution < -0.4 is 0 Å². The highest BCUT2D eigenvalue weighted by Crippen LogP contribution is 2.21. The second-order valence-corrected chi connectivity index (χ2v) is 7.11. The Kier molecular flexibility index (Phi) is 3.97. The molecule has 0 saturated carbocycles. The molecule has 0 bridgehead atoms. The van der Waals surface area contributed by atoms with Gasteiger partial charge in [-0.05, 0) is 31.4 Å². The number of nitrogens with zero attached hydrogens (tertiary/aromatic N) is 6. The molecule has 2 aliphatic heterocycles.